The van der Waals surface area contributed by atoms with Crippen molar-refractivity contribution in [1.82, 2.24) is 0 Å². The van der Waals surface area contributed by atoms with Gasteiger partial charge in [-0.2, -0.15) is 8.78 Å². The Hall–Kier alpha value is -3.94. The number of carbonyl (C=O) groups is 2. The second-order valence-electron chi connectivity index (χ2n) is 6.34. The van der Waals surface area contributed by atoms with Gasteiger partial charge in [-0.15, -0.1) is 0 Å². The highest BCUT2D eigenvalue weighted by atomic mass is 19.3. The third kappa shape index (κ3) is 6.27. The molecule has 3 aromatic rings. The highest BCUT2D eigenvalue weighted by Crippen LogP contribution is 2.29. The number of fused-ring (bicyclic) bond motifs is 1. The van der Waals surface area contributed by atoms with Gasteiger partial charge in [0.1, 0.15) is 0 Å². The summed E-state index contributed by atoms with van der Waals surface area (Å²) in [4.78, 5) is 23.9. The van der Waals surface area contributed by atoms with Crippen LogP contribution in [0.1, 0.15) is 5.56 Å². The molecule has 0 bridgehead atoms. The third-order valence-corrected chi connectivity index (χ3v) is 4.19. The minimum absolute atomic E-state index is 0.0885. The average Bonchev–Trinajstić information content (AvgIpc) is 2.76. The zero-order valence-electron chi connectivity index (χ0n) is 16.5. The second kappa shape index (κ2) is 10.2. The molecular formula is C23H19F2NO5. The van der Waals surface area contributed by atoms with Crippen LogP contribution in [0.2, 0.25) is 0 Å². The predicted octanol–water partition coefficient (Wildman–Crippen LogP) is 4.64. The molecule has 0 aromatic heterocycles. The van der Waals surface area contributed by atoms with Gasteiger partial charge in [-0.1, -0.05) is 36.4 Å². The van der Waals surface area contributed by atoms with Gasteiger partial charge in [-0.05, 0) is 46.7 Å². The quantitative estimate of drug-likeness (QED) is 0.419. The lowest BCUT2D eigenvalue weighted by atomic mass is 10.1. The number of hydrogen-bond acceptors (Lipinski definition) is 5. The Morgan fingerprint density at radius 1 is 1.00 bits per heavy atom. The van der Waals surface area contributed by atoms with E-state index < -0.39 is 25.1 Å². The first-order valence-corrected chi connectivity index (χ1v) is 9.21. The van der Waals surface area contributed by atoms with Crippen molar-refractivity contribution in [2.75, 3.05) is 19.0 Å². The molecule has 0 spiro atoms. The summed E-state index contributed by atoms with van der Waals surface area (Å²) in [5.74, 6) is -1.25. The van der Waals surface area contributed by atoms with Gasteiger partial charge in [0.05, 0.1) is 7.11 Å². The molecule has 0 atom stereocenters. The predicted molar refractivity (Wildman–Crippen MR) is 112 cm³/mol. The third-order valence-electron chi connectivity index (χ3n) is 4.19. The molecule has 3 rings (SSSR count). The lowest BCUT2D eigenvalue weighted by molar-refractivity contribution is -0.142. The van der Waals surface area contributed by atoms with Gasteiger partial charge >= 0.3 is 12.6 Å². The molecule has 0 aliphatic carbocycles. The summed E-state index contributed by atoms with van der Waals surface area (Å²) in [6.07, 6.45) is 2.52. The van der Waals surface area contributed by atoms with Crippen LogP contribution in [0.3, 0.4) is 0 Å². The number of carbonyl (C=O) groups excluding carboxylic acids is 2. The number of benzene rings is 3. The summed E-state index contributed by atoms with van der Waals surface area (Å²) in [5, 5.41) is 4.68. The lowest BCUT2D eigenvalue weighted by Crippen LogP contribution is -2.20. The number of nitrogens with one attached hydrogen (secondary N) is 1. The molecule has 0 aliphatic rings. The number of halogens is 2. The molecule has 31 heavy (non-hydrogen) atoms. The smallest absolute Gasteiger partial charge is 0.387 e. The fraction of sp³-hybridized carbons (Fsp3) is 0.130. The van der Waals surface area contributed by atoms with Crippen LogP contribution in [0.15, 0.2) is 66.7 Å². The van der Waals surface area contributed by atoms with E-state index in [1.54, 1.807) is 6.07 Å². The minimum Gasteiger partial charge on any atom is -0.493 e. The highest BCUT2D eigenvalue weighted by Gasteiger charge is 2.11. The van der Waals surface area contributed by atoms with Crippen LogP contribution < -0.4 is 14.8 Å². The second-order valence-corrected chi connectivity index (χ2v) is 6.34. The van der Waals surface area contributed by atoms with Gasteiger partial charge in [0.2, 0.25) is 0 Å². The van der Waals surface area contributed by atoms with Crippen molar-refractivity contribution in [3.05, 3.63) is 72.3 Å². The number of esters is 1. The molecule has 0 unspecified atom stereocenters. The van der Waals surface area contributed by atoms with Gasteiger partial charge in [0.15, 0.2) is 18.1 Å². The van der Waals surface area contributed by atoms with Crippen molar-refractivity contribution in [1.29, 1.82) is 0 Å². The Bertz CT molecular complexity index is 1110. The number of anilines is 1. The van der Waals surface area contributed by atoms with E-state index in [0.717, 1.165) is 16.8 Å². The fourth-order valence-electron chi connectivity index (χ4n) is 2.79. The van der Waals surface area contributed by atoms with Crippen LogP contribution in [0, 0.1) is 0 Å². The average molecular weight is 427 g/mol. The van der Waals surface area contributed by atoms with E-state index in [-0.39, 0.29) is 11.5 Å². The largest absolute Gasteiger partial charge is 0.493 e. The highest BCUT2D eigenvalue weighted by molar-refractivity contribution is 5.96. The molecule has 6 nitrogen and oxygen atoms in total. The topological polar surface area (TPSA) is 73.9 Å². The molecule has 1 amide bonds. The van der Waals surface area contributed by atoms with Gasteiger partial charge < -0.3 is 19.5 Å². The van der Waals surface area contributed by atoms with E-state index in [0.29, 0.717) is 11.3 Å². The Balaban J connectivity index is 1.53. The summed E-state index contributed by atoms with van der Waals surface area (Å²) in [7, 11) is 1.31. The summed E-state index contributed by atoms with van der Waals surface area (Å²) in [5.41, 5.74) is 1.09. The molecule has 0 saturated heterocycles. The van der Waals surface area contributed by atoms with Gasteiger partial charge in [0.25, 0.3) is 5.91 Å². The van der Waals surface area contributed by atoms with Crippen molar-refractivity contribution in [3.63, 3.8) is 0 Å². The van der Waals surface area contributed by atoms with Crippen LogP contribution in [0.5, 0.6) is 11.5 Å². The van der Waals surface area contributed by atoms with Crippen LogP contribution >= 0.6 is 0 Å². The van der Waals surface area contributed by atoms with Crippen LogP contribution in [-0.2, 0) is 14.3 Å². The summed E-state index contributed by atoms with van der Waals surface area (Å²) in [6.45, 7) is -3.44. The van der Waals surface area contributed by atoms with E-state index in [9.17, 15) is 18.4 Å². The Kier molecular flexibility index (Phi) is 7.16. The number of alkyl halides is 2. The summed E-state index contributed by atoms with van der Waals surface area (Å²) >= 11 is 0. The van der Waals surface area contributed by atoms with Crippen LogP contribution in [0.4, 0.5) is 14.5 Å². The van der Waals surface area contributed by atoms with E-state index in [4.69, 9.17) is 9.47 Å². The lowest BCUT2D eigenvalue weighted by Gasteiger charge is -2.10. The first-order valence-electron chi connectivity index (χ1n) is 9.21. The van der Waals surface area contributed by atoms with Gasteiger partial charge in [-0.25, -0.2) is 4.79 Å². The van der Waals surface area contributed by atoms with E-state index in [1.807, 2.05) is 36.4 Å². The van der Waals surface area contributed by atoms with Gasteiger partial charge in [-0.3, -0.25) is 4.79 Å². The number of rotatable bonds is 8. The van der Waals surface area contributed by atoms with Crippen LogP contribution in [-0.4, -0.2) is 32.2 Å². The van der Waals surface area contributed by atoms with Crippen molar-refractivity contribution >= 4 is 34.4 Å². The van der Waals surface area contributed by atoms with Crippen LogP contribution in [0.25, 0.3) is 16.8 Å². The van der Waals surface area contributed by atoms with Crippen molar-refractivity contribution in [2.24, 2.45) is 0 Å². The van der Waals surface area contributed by atoms with E-state index >= 15 is 0 Å². The van der Waals surface area contributed by atoms with Crippen molar-refractivity contribution < 1.29 is 32.6 Å². The maximum atomic E-state index is 12.4. The minimum atomic E-state index is -2.98. The first kappa shape index (κ1) is 21.8. The molecule has 1 N–H and O–H groups in total. The standard InChI is InChI=1S/C23H19F2NO5/c1-29-20-12-15(6-10-19(20)31-23(24)25)7-11-22(28)30-14-21(27)26-18-9-8-16-4-2-3-5-17(16)13-18/h2-13,23H,14H2,1H3,(H,26,27)/b11-7+. The molecule has 0 saturated carbocycles. The molecular weight excluding hydrogens is 408 g/mol. The molecule has 0 aliphatic heterocycles. The Morgan fingerprint density at radius 2 is 1.77 bits per heavy atom. The molecule has 0 radical (unpaired) electrons. The fourth-order valence-corrected chi connectivity index (χ4v) is 2.79. The normalized spacial score (nSPS) is 11.0. The zero-order valence-corrected chi connectivity index (χ0v) is 16.5. The molecule has 160 valence electrons. The molecule has 0 fully saturated rings. The summed E-state index contributed by atoms with van der Waals surface area (Å²) in [6, 6.07) is 17.4. The monoisotopic (exact) mass is 427 g/mol. The van der Waals surface area contributed by atoms with E-state index in [1.165, 1.54) is 31.4 Å². The maximum Gasteiger partial charge on any atom is 0.387 e. The Morgan fingerprint density at radius 3 is 2.52 bits per heavy atom. The maximum absolute atomic E-state index is 12.4. The van der Waals surface area contributed by atoms with Crippen molar-refractivity contribution in [3.8, 4) is 11.5 Å². The molecule has 0 heterocycles. The number of methoxy groups -OCH3 is 1. The first-order chi connectivity index (χ1) is 14.9. The summed E-state index contributed by atoms with van der Waals surface area (Å²) < 4.78 is 39.0. The SMILES string of the molecule is COc1cc(/C=C/C(=O)OCC(=O)Nc2ccc3ccccc3c2)ccc1OC(F)F. The number of hydrogen-bond donors (Lipinski definition) is 1. The van der Waals surface area contributed by atoms with Gasteiger partial charge in [0, 0.05) is 11.8 Å². The number of ether oxygens (including phenoxy) is 3. The number of amides is 1. The van der Waals surface area contributed by atoms with E-state index in [2.05, 4.69) is 10.1 Å². The molecule has 3 aromatic carbocycles. The van der Waals surface area contributed by atoms with Crippen molar-refractivity contribution in [2.45, 2.75) is 6.61 Å². The zero-order chi connectivity index (χ0) is 22.2. The Labute approximate surface area is 177 Å². The molecule has 8 heteroatoms.